The molecule has 0 spiro atoms. The molecule has 0 aliphatic carbocycles. The Morgan fingerprint density at radius 3 is 2.57 bits per heavy atom. The normalized spacial score (nSPS) is 11.1. The number of rotatable bonds is 5. The van der Waals surface area contributed by atoms with Crippen molar-refractivity contribution in [3.8, 4) is 0 Å². The van der Waals surface area contributed by atoms with Gasteiger partial charge >= 0.3 is 0 Å². The van der Waals surface area contributed by atoms with E-state index < -0.39 is 5.54 Å². The number of nitrogens with two attached hydrogens (primary N) is 1. The number of nitrogens with one attached hydrogen (secondary N) is 2. The molecule has 0 bridgehead atoms. The minimum atomic E-state index is -0.500. The van der Waals surface area contributed by atoms with Gasteiger partial charge in [-0.15, -0.1) is 0 Å². The van der Waals surface area contributed by atoms with E-state index in [1.54, 1.807) is 30.3 Å². The zero-order valence-corrected chi connectivity index (χ0v) is 13.5. The van der Waals surface area contributed by atoms with Gasteiger partial charge in [-0.3, -0.25) is 9.59 Å². The Bertz CT molecular complexity index is 706. The predicted molar refractivity (Wildman–Crippen MR) is 88.4 cm³/mol. The maximum absolute atomic E-state index is 12.3. The molecular weight excluding hydrogens is 294 g/mol. The number of benzene rings is 1. The van der Waals surface area contributed by atoms with Crippen LogP contribution >= 0.6 is 0 Å². The van der Waals surface area contributed by atoms with E-state index in [0.29, 0.717) is 17.8 Å². The minimum absolute atomic E-state index is 0.212. The van der Waals surface area contributed by atoms with Gasteiger partial charge in [-0.1, -0.05) is 6.07 Å². The topological polar surface area (TPSA) is 97.4 Å². The summed E-state index contributed by atoms with van der Waals surface area (Å²) in [6.07, 6.45) is 1.43. The Morgan fingerprint density at radius 2 is 1.96 bits per heavy atom. The molecule has 0 saturated carbocycles. The van der Waals surface area contributed by atoms with Gasteiger partial charge in [0.05, 0.1) is 6.26 Å². The minimum Gasteiger partial charge on any atom is -0.459 e. The second kappa shape index (κ2) is 6.66. The van der Waals surface area contributed by atoms with Crippen LogP contribution in [-0.2, 0) is 0 Å². The van der Waals surface area contributed by atoms with Gasteiger partial charge in [-0.25, -0.2) is 0 Å². The second-order valence-electron chi connectivity index (χ2n) is 6.00. The molecule has 0 aliphatic rings. The van der Waals surface area contributed by atoms with Crippen molar-refractivity contribution in [3.05, 3.63) is 53.5 Å². The van der Waals surface area contributed by atoms with Gasteiger partial charge in [0.15, 0.2) is 5.76 Å². The number of furan rings is 1. The quantitative estimate of drug-likeness (QED) is 0.788. The first kappa shape index (κ1) is 16.8. The van der Waals surface area contributed by atoms with E-state index in [4.69, 9.17) is 10.2 Å². The van der Waals surface area contributed by atoms with E-state index in [1.165, 1.54) is 6.26 Å². The van der Waals surface area contributed by atoms with E-state index in [0.717, 1.165) is 5.56 Å². The highest BCUT2D eigenvalue weighted by Gasteiger charge is 2.20. The third kappa shape index (κ3) is 4.20. The lowest BCUT2D eigenvalue weighted by molar-refractivity contribution is 0.0914. The molecule has 1 heterocycles. The van der Waals surface area contributed by atoms with Crippen LogP contribution in [-0.4, -0.2) is 23.9 Å². The first-order valence-electron chi connectivity index (χ1n) is 7.30. The van der Waals surface area contributed by atoms with Crippen molar-refractivity contribution in [2.45, 2.75) is 26.3 Å². The largest absolute Gasteiger partial charge is 0.459 e. The average molecular weight is 315 g/mol. The summed E-state index contributed by atoms with van der Waals surface area (Å²) in [6, 6.07) is 8.34. The van der Waals surface area contributed by atoms with Gasteiger partial charge in [-0.05, 0) is 50.6 Å². The van der Waals surface area contributed by atoms with Crippen molar-refractivity contribution in [3.63, 3.8) is 0 Å². The molecule has 6 nitrogen and oxygen atoms in total. The van der Waals surface area contributed by atoms with Crippen molar-refractivity contribution < 1.29 is 14.0 Å². The Kier molecular flexibility index (Phi) is 4.86. The lowest BCUT2D eigenvalue weighted by Gasteiger charge is -2.24. The summed E-state index contributed by atoms with van der Waals surface area (Å²) in [5, 5.41) is 5.60. The molecule has 122 valence electrons. The summed E-state index contributed by atoms with van der Waals surface area (Å²) >= 11 is 0. The Hall–Kier alpha value is -2.60. The summed E-state index contributed by atoms with van der Waals surface area (Å²) in [4.78, 5) is 24.4. The molecule has 2 aromatic rings. The lowest BCUT2D eigenvalue weighted by Crippen LogP contribution is -2.48. The number of carbonyl (C=O) groups excluding carboxylic acids is 2. The SMILES string of the molecule is Cc1ccc(C(=O)NC(C)(C)CN)cc1NC(=O)c1ccco1. The van der Waals surface area contributed by atoms with Crippen molar-refractivity contribution in [2.75, 3.05) is 11.9 Å². The van der Waals surface area contributed by atoms with Crippen molar-refractivity contribution in [1.82, 2.24) is 5.32 Å². The molecule has 0 radical (unpaired) electrons. The fourth-order valence-corrected chi connectivity index (χ4v) is 1.92. The molecule has 1 aromatic heterocycles. The van der Waals surface area contributed by atoms with Gasteiger partial charge in [0.1, 0.15) is 0 Å². The van der Waals surface area contributed by atoms with Gasteiger partial charge in [-0.2, -0.15) is 0 Å². The third-order valence-electron chi connectivity index (χ3n) is 3.46. The average Bonchev–Trinajstić information content (AvgIpc) is 3.03. The smallest absolute Gasteiger partial charge is 0.291 e. The summed E-state index contributed by atoms with van der Waals surface area (Å²) in [5.74, 6) is -0.393. The van der Waals surface area contributed by atoms with Crippen LogP contribution in [0.15, 0.2) is 41.0 Å². The molecule has 0 fully saturated rings. The van der Waals surface area contributed by atoms with Crippen LogP contribution in [0.1, 0.15) is 40.3 Å². The second-order valence-corrected chi connectivity index (χ2v) is 6.00. The molecule has 6 heteroatoms. The molecule has 0 saturated heterocycles. The van der Waals surface area contributed by atoms with Crippen LogP contribution in [0.4, 0.5) is 5.69 Å². The summed E-state index contributed by atoms with van der Waals surface area (Å²) in [5.41, 5.74) is 6.98. The number of aryl methyl sites for hydroxylation is 1. The fraction of sp³-hybridized carbons (Fsp3) is 0.294. The molecule has 0 atom stereocenters. The number of hydrogen-bond donors (Lipinski definition) is 3. The van der Waals surface area contributed by atoms with Crippen LogP contribution in [0.5, 0.6) is 0 Å². The van der Waals surface area contributed by atoms with Crippen LogP contribution in [0.3, 0.4) is 0 Å². The van der Waals surface area contributed by atoms with E-state index in [-0.39, 0.29) is 17.6 Å². The third-order valence-corrected chi connectivity index (χ3v) is 3.46. The van der Waals surface area contributed by atoms with E-state index in [1.807, 2.05) is 20.8 Å². The molecule has 4 N–H and O–H groups in total. The van der Waals surface area contributed by atoms with E-state index >= 15 is 0 Å². The van der Waals surface area contributed by atoms with Crippen LogP contribution in [0.25, 0.3) is 0 Å². The number of carbonyl (C=O) groups is 2. The predicted octanol–water partition coefficient (Wildman–Crippen LogP) is 2.31. The van der Waals surface area contributed by atoms with Gasteiger partial charge in [0.2, 0.25) is 0 Å². The zero-order chi connectivity index (χ0) is 17.0. The Labute approximate surface area is 135 Å². The van der Waals surface area contributed by atoms with Gasteiger partial charge < -0.3 is 20.8 Å². The molecule has 23 heavy (non-hydrogen) atoms. The fourth-order valence-electron chi connectivity index (χ4n) is 1.92. The highest BCUT2D eigenvalue weighted by atomic mass is 16.3. The van der Waals surface area contributed by atoms with E-state index in [2.05, 4.69) is 10.6 Å². The number of anilines is 1. The van der Waals surface area contributed by atoms with Gasteiger partial charge in [0.25, 0.3) is 11.8 Å². The number of amides is 2. The molecule has 1 aromatic carbocycles. The standard InChI is InChI=1S/C17H21N3O3/c1-11-6-7-12(15(21)20-17(2,3)10-18)9-13(11)19-16(22)14-5-4-8-23-14/h4-9H,10,18H2,1-3H3,(H,19,22)(H,20,21). The molecule has 2 amide bonds. The van der Waals surface area contributed by atoms with Gasteiger partial charge in [0, 0.05) is 23.3 Å². The van der Waals surface area contributed by atoms with E-state index in [9.17, 15) is 9.59 Å². The maximum atomic E-state index is 12.3. The highest BCUT2D eigenvalue weighted by molar-refractivity contribution is 6.04. The Balaban J connectivity index is 2.19. The molecule has 2 rings (SSSR count). The number of hydrogen-bond acceptors (Lipinski definition) is 4. The monoisotopic (exact) mass is 315 g/mol. The van der Waals surface area contributed by atoms with Crippen LogP contribution < -0.4 is 16.4 Å². The van der Waals surface area contributed by atoms with Crippen molar-refractivity contribution >= 4 is 17.5 Å². The summed E-state index contributed by atoms with van der Waals surface area (Å²) in [6.45, 7) is 5.87. The first-order chi connectivity index (χ1) is 10.8. The summed E-state index contributed by atoms with van der Waals surface area (Å²) in [7, 11) is 0. The molecule has 0 unspecified atom stereocenters. The zero-order valence-electron chi connectivity index (χ0n) is 13.5. The van der Waals surface area contributed by atoms with Crippen LogP contribution in [0, 0.1) is 6.92 Å². The Morgan fingerprint density at radius 1 is 1.22 bits per heavy atom. The first-order valence-corrected chi connectivity index (χ1v) is 7.30. The molecule has 0 aliphatic heterocycles. The lowest BCUT2D eigenvalue weighted by atomic mass is 10.0. The van der Waals surface area contributed by atoms with Crippen molar-refractivity contribution in [1.29, 1.82) is 0 Å². The van der Waals surface area contributed by atoms with Crippen LogP contribution in [0.2, 0.25) is 0 Å². The maximum Gasteiger partial charge on any atom is 0.291 e. The molecular formula is C17H21N3O3. The highest BCUT2D eigenvalue weighted by Crippen LogP contribution is 2.19. The summed E-state index contributed by atoms with van der Waals surface area (Å²) < 4.78 is 5.06. The van der Waals surface area contributed by atoms with Crippen molar-refractivity contribution in [2.24, 2.45) is 5.73 Å².